The van der Waals surface area contributed by atoms with Gasteiger partial charge < -0.3 is 19.9 Å². The number of anilines is 1. The highest BCUT2D eigenvalue weighted by Crippen LogP contribution is 2.32. The summed E-state index contributed by atoms with van der Waals surface area (Å²) in [7, 11) is 1.59. The molecule has 0 aliphatic heterocycles. The maximum atomic E-state index is 13.9. The second-order valence-corrected chi connectivity index (χ2v) is 5.97. The van der Waals surface area contributed by atoms with Crippen LogP contribution in [0, 0.1) is 11.7 Å². The first-order chi connectivity index (χ1) is 11.0. The van der Waals surface area contributed by atoms with E-state index < -0.39 is 18.0 Å². The normalized spacial score (nSPS) is 15.3. The molecule has 1 aliphatic rings. The van der Waals surface area contributed by atoms with Crippen LogP contribution in [-0.2, 0) is 0 Å². The topological polar surface area (TPSA) is 57.5 Å². The Bertz CT molecular complexity index is 683. The summed E-state index contributed by atoms with van der Waals surface area (Å²) < 4.78 is 15.8. The summed E-state index contributed by atoms with van der Waals surface area (Å²) in [4.78, 5) is 13.6. The number of aromatic nitrogens is 1. The van der Waals surface area contributed by atoms with Gasteiger partial charge in [-0.1, -0.05) is 0 Å². The Morgan fingerprint density at radius 3 is 2.78 bits per heavy atom. The molecular weight excluding hydrogens is 297 g/mol. The molecule has 1 aromatic carbocycles. The van der Waals surface area contributed by atoms with Gasteiger partial charge in [0.1, 0.15) is 5.82 Å². The maximum absolute atomic E-state index is 13.9. The van der Waals surface area contributed by atoms with Crippen LogP contribution in [0.15, 0.2) is 42.7 Å². The molecule has 0 bridgehead atoms. The number of halogens is 1. The predicted molar refractivity (Wildman–Crippen MR) is 86.1 cm³/mol. The fourth-order valence-corrected chi connectivity index (χ4v) is 2.48. The van der Waals surface area contributed by atoms with E-state index >= 15 is 0 Å². The van der Waals surface area contributed by atoms with Crippen molar-refractivity contribution in [2.24, 2.45) is 5.92 Å². The smallest absolute Gasteiger partial charge is 0.321 e. The molecular formula is C17H20FN3O2. The van der Waals surface area contributed by atoms with Gasteiger partial charge >= 0.3 is 6.03 Å². The summed E-state index contributed by atoms with van der Waals surface area (Å²) >= 11 is 0. The average Bonchev–Trinajstić information content (AvgIpc) is 3.24. The van der Waals surface area contributed by atoms with Gasteiger partial charge in [0, 0.05) is 31.7 Å². The Morgan fingerprint density at radius 1 is 1.43 bits per heavy atom. The first-order valence-corrected chi connectivity index (χ1v) is 7.67. The molecule has 1 heterocycles. The summed E-state index contributed by atoms with van der Waals surface area (Å²) in [6, 6.07) is 7.85. The van der Waals surface area contributed by atoms with E-state index in [0.717, 1.165) is 18.5 Å². The van der Waals surface area contributed by atoms with Crippen LogP contribution in [-0.4, -0.2) is 40.3 Å². The molecule has 1 atom stereocenters. The van der Waals surface area contributed by atoms with Crippen LogP contribution in [0.3, 0.4) is 0 Å². The van der Waals surface area contributed by atoms with E-state index in [-0.39, 0.29) is 12.2 Å². The highest BCUT2D eigenvalue weighted by atomic mass is 19.1. The van der Waals surface area contributed by atoms with Gasteiger partial charge in [-0.3, -0.25) is 0 Å². The van der Waals surface area contributed by atoms with Crippen LogP contribution in [0.2, 0.25) is 0 Å². The molecule has 1 saturated carbocycles. The van der Waals surface area contributed by atoms with Crippen molar-refractivity contribution in [2.75, 3.05) is 18.9 Å². The van der Waals surface area contributed by atoms with Crippen molar-refractivity contribution in [1.29, 1.82) is 0 Å². The number of amides is 2. The minimum Gasteiger partial charge on any atom is -0.391 e. The second-order valence-electron chi connectivity index (χ2n) is 5.97. The number of nitrogens with zero attached hydrogens (tertiary/aromatic N) is 2. The van der Waals surface area contributed by atoms with Crippen molar-refractivity contribution in [1.82, 2.24) is 9.47 Å². The van der Waals surface area contributed by atoms with Crippen molar-refractivity contribution in [3.05, 3.63) is 48.5 Å². The SMILES string of the molecule is CN(CC(O)C1CC1)C(=O)Nc1cc(-n2cccc2)ccc1F. The lowest BCUT2D eigenvalue weighted by Gasteiger charge is -2.21. The molecule has 23 heavy (non-hydrogen) atoms. The van der Waals surface area contributed by atoms with E-state index in [4.69, 9.17) is 0 Å². The van der Waals surface area contributed by atoms with E-state index in [1.165, 1.54) is 11.0 Å². The number of benzene rings is 1. The van der Waals surface area contributed by atoms with Crippen LogP contribution >= 0.6 is 0 Å². The Labute approximate surface area is 134 Å². The summed E-state index contributed by atoms with van der Waals surface area (Å²) in [5, 5.41) is 12.5. The Hall–Kier alpha value is -2.34. The van der Waals surface area contributed by atoms with E-state index in [0.29, 0.717) is 5.92 Å². The summed E-state index contributed by atoms with van der Waals surface area (Å²) in [5.41, 5.74) is 0.876. The summed E-state index contributed by atoms with van der Waals surface area (Å²) in [6.45, 7) is 0.245. The van der Waals surface area contributed by atoms with Crippen molar-refractivity contribution >= 4 is 11.7 Å². The fourth-order valence-electron chi connectivity index (χ4n) is 2.48. The Kier molecular flexibility index (Phi) is 4.34. The number of hydrogen-bond donors (Lipinski definition) is 2. The fraction of sp³-hybridized carbons (Fsp3) is 0.353. The van der Waals surface area contributed by atoms with Gasteiger partial charge in [-0.15, -0.1) is 0 Å². The maximum Gasteiger partial charge on any atom is 0.321 e. The molecule has 1 aromatic heterocycles. The standard InChI is InChI=1S/C17H20FN3O2/c1-20(11-16(22)12-4-5-12)17(23)19-15-10-13(6-7-14(15)18)21-8-2-3-9-21/h2-3,6-10,12,16,22H,4-5,11H2,1H3,(H,19,23). The number of hydrogen-bond acceptors (Lipinski definition) is 2. The van der Waals surface area contributed by atoms with Gasteiger partial charge in [-0.2, -0.15) is 0 Å². The summed E-state index contributed by atoms with van der Waals surface area (Å²) in [6.07, 6.45) is 5.18. The molecule has 5 nitrogen and oxygen atoms in total. The van der Waals surface area contributed by atoms with Gasteiger partial charge in [0.25, 0.3) is 0 Å². The first-order valence-electron chi connectivity index (χ1n) is 7.67. The molecule has 1 fully saturated rings. The minimum absolute atomic E-state index is 0.119. The van der Waals surface area contributed by atoms with Gasteiger partial charge in [-0.05, 0) is 49.1 Å². The van der Waals surface area contributed by atoms with E-state index in [1.54, 1.807) is 19.2 Å². The van der Waals surface area contributed by atoms with E-state index in [2.05, 4.69) is 5.32 Å². The van der Waals surface area contributed by atoms with Gasteiger partial charge in [0.15, 0.2) is 0 Å². The van der Waals surface area contributed by atoms with Crippen molar-refractivity contribution < 1.29 is 14.3 Å². The molecule has 1 aliphatic carbocycles. The number of carbonyl (C=O) groups excluding carboxylic acids is 1. The molecule has 2 aromatic rings. The molecule has 1 unspecified atom stereocenters. The molecule has 2 amide bonds. The highest BCUT2D eigenvalue weighted by molar-refractivity contribution is 5.89. The lowest BCUT2D eigenvalue weighted by atomic mass is 10.2. The molecule has 122 valence electrons. The Morgan fingerprint density at radius 2 is 2.13 bits per heavy atom. The van der Waals surface area contributed by atoms with Crippen molar-refractivity contribution in [3.63, 3.8) is 0 Å². The number of nitrogens with one attached hydrogen (secondary N) is 1. The largest absolute Gasteiger partial charge is 0.391 e. The number of carbonyl (C=O) groups is 1. The summed E-state index contributed by atoms with van der Waals surface area (Å²) in [5.74, 6) is -0.204. The van der Waals surface area contributed by atoms with E-state index in [1.807, 2.05) is 29.1 Å². The third kappa shape index (κ3) is 3.71. The average molecular weight is 317 g/mol. The molecule has 3 rings (SSSR count). The predicted octanol–water partition coefficient (Wildman–Crippen LogP) is 2.85. The van der Waals surface area contributed by atoms with Crippen LogP contribution in [0.1, 0.15) is 12.8 Å². The monoisotopic (exact) mass is 317 g/mol. The number of aliphatic hydroxyl groups is 1. The number of rotatable bonds is 5. The lowest BCUT2D eigenvalue weighted by Crippen LogP contribution is -2.38. The minimum atomic E-state index is -0.512. The number of urea groups is 1. The number of likely N-dealkylation sites (N-methyl/N-ethyl adjacent to an activating group) is 1. The zero-order chi connectivity index (χ0) is 16.4. The third-order valence-electron chi connectivity index (χ3n) is 4.07. The van der Waals surface area contributed by atoms with Gasteiger partial charge in [-0.25, -0.2) is 9.18 Å². The van der Waals surface area contributed by atoms with Crippen LogP contribution in [0.5, 0.6) is 0 Å². The van der Waals surface area contributed by atoms with Gasteiger partial charge in [0.05, 0.1) is 11.8 Å². The third-order valence-corrected chi connectivity index (χ3v) is 4.07. The lowest BCUT2D eigenvalue weighted by molar-refractivity contribution is 0.117. The molecule has 2 N–H and O–H groups in total. The zero-order valence-corrected chi connectivity index (χ0v) is 12.9. The van der Waals surface area contributed by atoms with Gasteiger partial charge in [0.2, 0.25) is 0 Å². The Balaban J connectivity index is 1.68. The molecule has 0 radical (unpaired) electrons. The van der Waals surface area contributed by atoms with Crippen LogP contribution in [0.25, 0.3) is 5.69 Å². The molecule has 0 saturated heterocycles. The van der Waals surface area contributed by atoms with Crippen molar-refractivity contribution in [2.45, 2.75) is 18.9 Å². The quantitative estimate of drug-likeness (QED) is 0.891. The van der Waals surface area contributed by atoms with E-state index in [9.17, 15) is 14.3 Å². The van der Waals surface area contributed by atoms with Crippen LogP contribution in [0.4, 0.5) is 14.9 Å². The van der Waals surface area contributed by atoms with Crippen molar-refractivity contribution in [3.8, 4) is 5.69 Å². The highest BCUT2D eigenvalue weighted by Gasteiger charge is 2.31. The molecule has 6 heteroatoms. The number of aliphatic hydroxyl groups excluding tert-OH is 1. The zero-order valence-electron chi connectivity index (χ0n) is 12.9. The van der Waals surface area contributed by atoms with Crippen LogP contribution < -0.4 is 5.32 Å². The molecule has 0 spiro atoms. The second kappa shape index (κ2) is 6.42. The first kappa shape index (κ1) is 15.6.